The van der Waals surface area contributed by atoms with Crippen molar-refractivity contribution in [3.05, 3.63) is 33.8 Å². The lowest BCUT2D eigenvalue weighted by Crippen LogP contribution is -2.43. The molecule has 1 saturated heterocycles. The minimum Gasteiger partial charge on any atom is -0.494 e. The minimum atomic E-state index is -0.765. The summed E-state index contributed by atoms with van der Waals surface area (Å²) in [7, 11) is 0. The standard InChI is InChI=1S/C25H35N5O5/c1-15(2)14-29-22-16(5-8-19(31)28-11-9-17(10-12-28)25(3,4)35)13-26-30(22)24(34)20(23(29)33)21(32)27-18-6-7-18/h5,8,13,15,17-18,33,35H,6-7,9-12,14H2,1-4H3,(H,27,32)/b8-5+. The lowest BCUT2D eigenvalue weighted by molar-refractivity contribution is -0.128. The Labute approximate surface area is 204 Å². The second kappa shape index (κ2) is 9.49. The molecule has 0 spiro atoms. The van der Waals surface area contributed by atoms with Crippen molar-refractivity contribution in [1.82, 2.24) is 24.4 Å². The van der Waals surface area contributed by atoms with Gasteiger partial charge in [-0.2, -0.15) is 9.61 Å². The third kappa shape index (κ3) is 5.27. The molecule has 4 rings (SSSR count). The Morgan fingerprint density at radius 1 is 1.23 bits per heavy atom. The Bertz CT molecular complexity index is 1210. The van der Waals surface area contributed by atoms with E-state index in [9.17, 15) is 24.6 Å². The summed E-state index contributed by atoms with van der Waals surface area (Å²) in [4.78, 5) is 40.3. The minimum absolute atomic E-state index is 0.0335. The number of carbonyl (C=O) groups excluding carboxylic acids is 2. The zero-order valence-electron chi connectivity index (χ0n) is 20.8. The van der Waals surface area contributed by atoms with Crippen LogP contribution in [0.2, 0.25) is 0 Å². The van der Waals surface area contributed by atoms with Crippen molar-refractivity contribution in [2.45, 2.75) is 71.6 Å². The van der Waals surface area contributed by atoms with Crippen molar-refractivity contribution in [2.75, 3.05) is 13.1 Å². The monoisotopic (exact) mass is 485 g/mol. The molecule has 0 unspecified atom stereocenters. The molecule has 2 amide bonds. The molecule has 2 aliphatic rings. The fourth-order valence-electron chi connectivity index (χ4n) is 4.62. The maximum absolute atomic E-state index is 13.1. The lowest BCUT2D eigenvalue weighted by Gasteiger charge is -2.37. The average Bonchev–Trinajstić information content (AvgIpc) is 3.49. The highest BCUT2D eigenvalue weighted by molar-refractivity contribution is 5.97. The van der Waals surface area contributed by atoms with Gasteiger partial charge in [-0.15, -0.1) is 0 Å². The van der Waals surface area contributed by atoms with E-state index in [2.05, 4.69) is 10.4 Å². The summed E-state index contributed by atoms with van der Waals surface area (Å²) < 4.78 is 2.63. The smallest absolute Gasteiger partial charge is 0.291 e. The molecule has 3 heterocycles. The van der Waals surface area contributed by atoms with Crippen molar-refractivity contribution in [1.29, 1.82) is 0 Å². The topological polar surface area (TPSA) is 129 Å². The molecule has 10 heteroatoms. The summed E-state index contributed by atoms with van der Waals surface area (Å²) in [6, 6.07) is 0.0335. The zero-order valence-corrected chi connectivity index (χ0v) is 20.8. The molecule has 3 N–H and O–H groups in total. The first-order valence-electron chi connectivity index (χ1n) is 12.3. The van der Waals surface area contributed by atoms with E-state index >= 15 is 0 Å². The Balaban J connectivity index is 1.63. The van der Waals surface area contributed by atoms with Crippen molar-refractivity contribution in [2.24, 2.45) is 11.8 Å². The summed E-state index contributed by atoms with van der Waals surface area (Å²) in [6.45, 7) is 9.00. The molecule has 1 aliphatic heterocycles. The highest BCUT2D eigenvalue weighted by Crippen LogP contribution is 2.28. The molecule has 0 radical (unpaired) electrons. The van der Waals surface area contributed by atoms with Crippen molar-refractivity contribution < 1.29 is 19.8 Å². The van der Waals surface area contributed by atoms with Crippen LogP contribution in [0.25, 0.3) is 11.7 Å². The Hall–Kier alpha value is -3.14. The highest BCUT2D eigenvalue weighted by atomic mass is 16.3. The number of aromatic nitrogens is 3. The normalized spacial score (nSPS) is 17.6. The fraction of sp³-hybridized carbons (Fsp3) is 0.600. The van der Waals surface area contributed by atoms with E-state index in [0.717, 1.165) is 30.2 Å². The molecule has 0 aromatic carbocycles. The average molecular weight is 486 g/mol. The number of piperidine rings is 1. The third-order valence-corrected chi connectivity index (χ3v) is 6.81. The predicted octanol–water partition coefficient (Wildman–Crippen LogP) is 1.77. The van der Waals surface area contributed by atoms with Gasteiger partial charge < -0.3 is 20.4 Å². The van der Waals surface area contributed by atoms with Gasteiger partial charge in [0, 0.05) is 37.3 Å². The van der Waals surface area contributed by atoms with Gasteiger partial charge in [0.25, 0.3) is 11.5 Å². The number of aromatic hydroxyl groups is 1. The SMILES string of the molecule is CC(C)Cn1c(O)c(C(=O)NC2CC2)c(=O)n2ncc(/C=C/C(=O)N3CCC(C(C)(C)O)CC3)c12. The van der Waals surface area contributed by atoms with Gasteiger partial charge in [0.2, 0.25) is 11.8 Å². The molecule has 0 bridgehead atoms. The van der Waals surface area contributed by atoms with Crippen LogP contribution in [0, 0.1) is 11.8 Å². The number of aliphatic hydroxyl groups is 1. The fourth-order valence-corrected chi connectivity index (χ4v) is 4.62. The Kier molecular flexibility index (Phi) is 6.77. The van der Waals surface area contributed by atoms with Crippen molar-refractivity contribution >= 4 is 23.5 Å². The van der Waals surface area contributed by atoms with Gasteiger partial charge in [0.1, 0.15) is 5.65 Å². The summed E-state index contributed by atoms with van der Waals surface area (Å²) in [5.41, 5.74) is -0.968. The van der Waals surface area contributed by atoms with Crippen LogP contribution < -0.4 is 10.9 Å². The Morgan fingerprint density at radius 3 is 2.46 bits per heavy atom. The van der Waals surface area contributed by atoms with Crippen LogP contribution in [0.4, 0.5) is 0 Å². The number of nitrogens with one attached hydrogen (secondary N) is 1. The van der Waals surface area contributed by atoms with Gasteiger partial charge >= 0.3 is 0 Å². The van der Waals surface area contributed by atoms with Crippen LogP contribution in [0.5, 0.6) is 5.88 Å². The lowest BCUT2D eigenvalue weighted by atomic mass is 9.83. The molecule has 35 heavy (non-hydrogen) atoms. The molecule has 2 aromatic heterocycles. The summed E-state index contributed by atoms with van der Waals surface area (Å²) in [6.07, 6.45) is 7.66. The number of fused-ring (bicyclic) bond motifs is 1. The van der Waals surface area contributed by atoms with Crippen molar-refractivity contribution in [3.63, 3.8) is 0 Å². The number of nitrogens with zero attached hydrogens (tertiary/aromatic N) is 4. The zero-order chi connectivity index (χ0) is 25.5. The van der Waals surface area contributed by atoms with Crippen LogP contribution in [0.1, 0.15) is 69.3 Å². The first-order chi connectivity index (χ1) is 16.5. The maximum Gasteiger partial charge on any atom is 0.291 e. The molecule has 2 fully saturated rings. The predicted molar refractivity (Wildman–Crippen MR) is 131 cm³/mol. The molecule has 10 nitrogen and oxygen atoms in total. The van der Waals surface area contributed by atoms with Crippen LogP contribution in [-0.2, 0) is 11.3 Å². The largest absolute Gasteiger partial charge is 0.494 e. The van der Waals surface area contributed by atoms with Crippen molar-refractivity contribution in [3.8, 4) is 5.88 Å². The molecular weight excluding hydrogens is 450 g/mol. The van der Waals surface area contributed by atoms with E-state index in [1.165, 1.54) is 16.8 Å². The summed E-state index contributed by atoms with van der Waals surface area (Å²) >= 11 is 0. The van der Waals surface area contributed by atoms with E-state index < -0.39 is 22.9 Å². The third-order valence-electron chi connectivity index (χ3n) is 6.81. The maximum atomic E-state index is 13.1. The van der Waals surface area contributed by atoms with E-state index in [1.54, 1.807) is 24.8 Å². The van der Waals surface area contributed by atoms with E-state index in [4.69, 9.17) is 0 Å². The quantitative estimate of drug-likeness (QED) is 0.513. The second-order valence-electron chi connectivity index (χ2n) is 10.7. The molecular formula is C25H35N5O5. The number of amides is 2. The van der Waals surface area contributed by atoms with Crippen LogP contribution >= 0.6 is 0 Å². The summed E-state index contributed by atoms with van der Waals surface area (Å²) in [5, 5.41) is 28.1. The highest BCUT2D eigenvalue weighted by Gasteiger charge is 2.32. The van der Waals surface area contributed by atoms with E-state index in [1.807, 2.05) is 13.8 Å². The number of likely N-dealkylation sites (tertiary alicyclic amines) is 1. The van der Waals surface area contributed by atoms with Gasteiger partial charge in [-0.3, -0.25) is 19.0 Å². The molecule has 190 valence electrons. The number of hydrogen-bond donors (Lipinski definition) is 3. The molecule has 2 aromatic rings. The number of carbonyl (C=O) groups is 2. The van der Waals surface area contributed by atoms with Gasteiger partial charge in [-0.1, -0.05) is 13.8 Å². The second-order valence-corrected chi connectivity index (χ2v) is 10.7. The molecule has 1 saturated carbocycles. The van der Waals surface area contributed by atoms with Gasteiger partial charge in [0.05, 0.1) is 11.8 Å². The number of rotatable bonds is 7. The van der Waals surface area contributed by atoms with E-state index in [0.29, 0.717) is 30.8 Å². The van der Waals surface area contributed by atoms with Gasteiger partial charge in [0.15, 0.2) is 5.56 Å². The van der Waals surface area contributed by atoms with Gasteiger partial charge in [-0.25, -0.2) is 0 Å². The molecule has 0 atom stereocenters. The number of hydrogen-bond acceptors (Lipinski definition) is 6. The first kappa shape index (κ1) is 25.0. The van der Waals surface area contributed by atoms with Crippen LogP contribution in [0.15, 0.2) is 17.1 Å². The molecule has 1 aliphatic carbocycles. The Morgan fingerprint density at radius 2 is 1.89 bits per heavy atom. The van der Waals surface area contributed by atoms with Crippen LogP contribution in [-0.4, -0.2) is 65.8 Å². The van der Waals surface area contributed by atoms with E-state index in [-0.39, 0.29) is 29.3 Å². The van der Waals surface area contributed by atoms with Crippen LogP contribution in [0.3, 0.4) is 0 Å². The van der Waals surface area contributed by atoms with Gasteiger partial charge in [-0.05, 0) is 57.4 Å². The first-order valence-corrected chi connectivity index (χ1v) is 12.3. The summed E-state index contributed by atoms with van der Waals surface area (Å²) in [5.74, 6) is -0.913.